The molecule has 1 saturated heterocycles. The molecule has 104 valence electrons. The van der Waals surface area contributed by atoms with Crippen molar-refractivity contribution >= 4 is 5.96 Å². The van der Waals surface area contributed by atoms with Crippen molar-refractivity contribution in [2.75, 3.05) is 26.2 Å². The fraction of sp³-hybridized carbons (Fsp3) is 0.562. The molecule has 19 heavy (non-hydrogen) atoms. The third-order valence-electron chi connectivity index (χ3n) is 3.49. The van der Waals surface area contributed by atoms with E-state index >= 15 is 0 Å². The van der Waals surface area contributed by atoms with Crippen LogP contribution in [-0.2, 0) is 6.42 Å². The summed E-state index contributed by atoms with van der Waals surface area (Å²) in [6.45, 7) is 8.38. The van der Waals surface area contributed by atoms with Gasteiger partial charge in [-0.15, -0.1) is 0 Å². The highest BCUT2D eigenvalue weighted by atomic mass is 15.3. The number of aliphatic imine (C=N–C) groups is 1. The first-order valence-electron chi connectivity index (χ1n) is 7.38. The van der Waals surface area contributed by atoms with Crippen LogP contribution in [0.2, 0.25) is 0 Å². The van der Waals surface area contributed by atoms with Gasteiger partial charge in [-0.1, -0.05) is 29.8 Å². The lowest BCUT2D eigenvalue weighted by molar-refractivity contribution is 0.494. The number of hydrogen-bond donors (Lipinski definition) is 1. The van der Waals surface area contributed by atoms with E-state index in [0.717, 1.165) is 38.6 Å². The van der Waals surface area contributed by atoms with Gasteiger partial charge in [0, 0.05) is 26.2 Å². The maximum Gasteiger partial charge on any atom is 0.193 e. The Morgan fingerprint density at radius 3 is 2.79 bits per heavy atom. The second-order valence-corrected chi connectivity index (χ2v) is 5.17. The predicted molar refractivity (Wildman–Crippen MR) is 81.7 cm³/mol. The highest BCUT2D eigenvalue weighted by Gasteiger charge is 2.14. The Hall–Kier alpha value is -1.51. The summed E-state index contributed by atoms with van der Waals surface area (Å²) in [5.74, 6) is 1.09. The van der Waals surface area contributed by atoms with Crippen molar-refractivity contribution < 1.29 is 0 Å². The van der Waals surface area contributed by atoms with Crippen LogP contribution in [0.15, 0.2) is 29.3 Å². The largest absolute Gasteiger partial charge is 0.357 e. The Bertz CT molecular complexity index is 420. The van der Waals surface area contributed by atoms with E-state index in [1.807, 2.05) is 0 Å². The molecule has 3 heteroatoms. The fourth-order valence-electron chi connectivity index (χ4n) is 2.51. The van der Waals surface area contributed by atoms with Crippen molar-refractivity contribution in [3.63, 3.8) is 0 Å². The van der Waals surface area contributed by atoms with E-state index in [1.165, 1.54) is 24.0 Å². The van der Waals surface area contributed by atoms with Crippen LogP contribution in [0.1, 0.15) is 30.9 Å². The van der Waals surface area contributed by atoms with Crippen molar-refractivity contribution in [3.05, 3.63) is 35.4 Å². The third kappa shape index (κ3) is 4.27. The summed E-state index contributed by atoms with van der Waals surface area (Å²) >= 11 is 0. The Kier molecular flexibility index (Phi) is 5.25. The topological polar surface area (TPSA) is 27.6 Å². The Morgan fingerprint density at radius 1 is 1.32 bits per heavy atom. The van der Waals surface area contributed by atoms with Crippen LogP contribution < -0.4 is 5.32 Å². The molecule has 1 aliphatic rings. The first kappa shape index (κ1) is 13.9. The van der Waals surface area contributed by atoms with Crippen LogP contribution in [0.25, 0.3) is 0 Å². The molecule has 1 heterocycles. The van der Waals surface area contributed by atoms with E-state index in [0.29, 0.717) is 0 Å². The van der Waals surface area contributed by atoms with Crippen molar-refractivity contribution in [2.24, 2.45) is 4.99 Å². The smallest absolute Gasteiger partial charge is 0.193 e. The summed E-state index contributed by atoms with van der Waals surface area (Å²) in [4.78, 5) is 7.13. The van der Waals surface area contributed by atoms with Crippen molar-refractivity contribution in [1.82, 2.24) is 10.2 Å². The van der Waals surface area contributed by atoms with E-state index < -0.39 is 0 Å². The molecule has 2 rings (SSSR count). The number of hydrogen-bond acceptors (Lipinski definition) is 1. The summed E-state index contributed by atoms with van der Waals surface area (Å²) in [6, 6.07) is 8.70. The van der Waals surface area contributed by atoms with Gasteiger partial charge >= 0.3 is 0 Å². The van der Waals surface area contributed by atoms with Gasteiger partial charge in [-0.05, 0) is 38.7 Å². The normalized spacial score (nSPS) is 15.9. The average molecular weight is 259 g/mol. The second kappa shape index (κ2) is 7.17. The number of benzene rings is 1. The molecule has 1 fully saturated rings. The zero-order chi connectivity index (χ0) is 13.5. The Balaban J connectivity index is 1.90. The molecule has 0 spiro atoms. The highest BCUT2D eigenvalue weighted by Crippen LogP contribution is 2.08. The van der Waals surface area contributed by atoms with Crippen LogP contribution in [-0.4, -0.2) is 37.0 Å². The second-order valence-electron chi connectivity index (χ2n) is 5.17. The molecule has 0 aromatic heterocycles. The predicted octanol–water partition coefficient (Wildman–Crippen LogP) is 2.60. The zero-order valence-electron chi connectivity index (χ0n) is 12.2. The number of aryl methyl sites for hydroxylation is 1. The summed E-state index contributed by atoms with van der Waals surface area (Å²) in [6.07, 6.45) is 3.61. The van der Waals surface area contributed by atoms with E-state index in [4.69, 9.17) is 4.99 Å². The molecule has 0 aliphatic carbocycles. The molecule has 1 aliphatic heterocycles. The molecule has 0 unspecified atom stereocenters. The molecule has 0 atom stereocenters. The number of guanidine groups is 1. The lowest BCUT2D eigenvalue weighted by Gasteiger charge is -2.20. The van der Waals surface area contributed by atoms with Gasteiger partial charge in [0.1, 0.15) is 0 Å². The first-order chi connectivity index (χ1) is 9.29. The number of nitrogens with one attached hydrogen (secondary N) is 1. The third-order valence-corrected chi connectivity index (χ3v) is 3.49. The van der Waals surface area contributed by atoms with E-state index in [1.54, 1.807) is 0 Å². The zero-order valence-corrected chi connectivity index (χ0v) is 12.2. The van der Waals surface area contributed by atoms with Crippen molar-refractivity contribution in [2.45, 2.75) is 33.1 Å². The molecule has 1 N–H and O–H groups in total. The maximum atomic E-state index is 4.75. The minimum Gasteiger partial charge on any atom is -0.357 e. The molecule has 1 aromatic carbocycles. The summed E-state index contributed by atoms with van der Waals surface area (Å²) < 4.78 is 0. The molecule has 0 radical (unpaired) electrons. The number of likely N-dealkylation sites (tertiary alicyclic amines) is 1. The van der Waals surface area contributed by atoms with Crippen molar-refractivity contribution in [3.8, 4) is 0 Å². The summed E-state index contributed by atoms with van der Waals surface area (Å²) in [5, 5.41) is 3.40. The van der Waals surface area contributed by atoms with Gasteiger partial charge in [-0.25, -0.2) is 0 Å². The van der Waals surface area contributed by atoms with Gasteiger partial charge in [0.05, 0.1) is 0 Å². The molecular formula is C16H25N3. The maximum absolute atomic E-state index is 4.75. The first-order valence-corrected chi connectivity index (χ1v) is 7.38. The Morgan fingerprint density at radius 2 is 2.11 bits per heavy atom. The average Bonchev–Trinajstić information content (AvgIpc) is 2.91. The van der Waals surface area contributed by atoms with Gasteiger partial charge in [0.25, 0.3) is 0 Å². The minimum absolute atomic E-state index is 0.863. The summed E-state index contributed by atoms with van der Waals surface area (Å²) in [5.41, 5.74) is 2.70. The van der Waals surface area contributed by atoms with Crippen molar-refractivity contribution in [1.29, 1.82) is 0 Å². The molecule has 0 saturated carbocycles. The standard InChI is InChI=1S/C16H25N3/c1-3-17-16(19-11-4-5-12-19)18-10-9-15-8-6-7-14(2)13-15/h6-8,13H,3-5,9-12H2,1-2H3,(H,17,18). The molecule has 1 aromatic rings. The Labute approximate surface area is 116 Å². The van der Waals surface area contributed by atoms with Gasteiger partial charge in [-0.3, -0.25) is 4.99 Å². The lowest BCUT2D eigenvalue weighted by Crippen LogP contribution is -2.39. The molecule has 3 nitrogen and oxygen atoms in total. The molecule has 0 amide bonds. The van der Waals surface area contributed by atoms with Crippen LogP contribution in [0, 0.1) is 6.92 Å². The number of rotatable bonds is 4. The van der Waals surface area contributed by atoms with Gasteiger partial charge in [-0.2, -0.15) is 0 Å². The SMILES string of the molecule is CCNC(=NCCc1cccc(C)c1)N1CCCC1. The number of nitrogens with zero attached hydrogens (tertiary/aromatic N) is 2. The van der Waals surface area contributed by atoms with E-state index in [-0.39, 0.29) is 0 Å². The van der Waals surface area contributed by atoms with E-state index in [2.05, 4.69) is 48.3 Å². The minimum atomic E-state index is 0.863. The molecule has 0 bridgehead atoms. The van der Waals surface area contributed by atoms with Crippen LogP contribution in [0.3, 0.4) is 0 Å². The monoisotopic (exact) mass is 259 g/mol. The molecular weight excluding hydrogens is 234 g/mol. The van der Waals surface area contributed by atoms with Crippen LogP contribution in [0.5, 0.6) is 0 Å². The quantitative estimate of drug-likeness (QED) is 0.665. The lowest BCUT2D eigenvalue weighted by atomic mass is 10.1. The highest BCUT2D eigenvalue weighted by molar-refractivity contribution is 5.80. The van der Waals surface area contributed by atoms with Crippen LogP contribution >= 0.6 is 0 Å². The fourth-order valence-corrected chi connectivity index (χ4v) is 2.51. The summed E-state index contributed by atoms with van der Waals surface area (Å²) in [7, 11) is 0. The van der Waals surface area contributed by atoms with Gasteiger partial charge in [0.15, 0.2) is 5.96 Å². The van der Waals surface area contributed by atoms with Gasteiger partial charge < -0.3 is 10.2 Å². The van der Waals surface area contributed by atoms with E-state index in [9.17, 15) is 0 Å². The van der Waals surface area contributed by atoms with Gasteiger partial charge in [0.2, 0.25) is 0 Å². The van der Waals surface area contributed by atoms with Crippen LogP contribution in [0.4, 0.5) is 0 Å².